The summed E-state index contributed by atoms with van der Waals surface area (Å²) in [5.41, 5.74) is 12.6. The number of nitrogens with zero attached hydrogens (tertiary/aromatic N) is 2. The second-order valence-electron chi connectivity index (χ2n) is 16.0. The summed E-state index contributed by atoms with van der Waals surface area (Å²) >= 11 is 0. The van der Waals surface area contributed by atoms with Gasteiger partial charge in [0.05, 0.1) is 11.4 Å². The fourth-order valence-electron chi connectivity index (χ4n) is 9.43. The van der Waals surface area contributed by atoms with Crippen molar-refractivity contribution in [1.29, 1.82) is 0 Å². The van der Waals surface area contributed by atoms with Gasteiger partial charge in [-0.25, -0.2) is 0 Å². The Bertz CT molecular complexity index is 2120. The first kappa shape index (κ1) is 34.4. The standard InChI is InChI=1S/C52H52N2/c1-37-21-29-43(30-22-37)53(45-33-25-41(26-34-45)39-13-5-3-6-14-39)51-47-17-9-11-19-49(47)52(50-20-12-10-18-48(50)51)54(44-31-23-38(2)24-32-44)46-35-27-42(28-36-46)40-15-7-4-8-16-40/h9-12,17-36,39-40H,3-8,13-16H2,1-2H3. The second-order valence-corrected chi connectivity index (χ2v) is 16.0. The van der Waals surface area contributed by atoms with Crippen LogP contribution in [0.4, 0.5) is 34.1 Å². The maximum absolute atomic E-state index is 2.51. The number of hydrogen-bond acceptors (Lipinski definition) is 2. The SMILES string of the molecule is Cc1ccc(N(c2ccc(C3CCCCC3)cc2)c2c3ccccc3c(N(c3ccc(C)cc3)c3ccc(C4CCCCC4)cc3)c3ccccc23)cc1. The van der Waals surface area contributed by atoms with E-state index >= 15 is 0 Å². The topological polar surface area (TPSA) is 6.48 Å². The van der Waals surface area contributed by atoms with Crippen LogP contribution in [0.5, 0.6) is 0 Å². The predicted octanol–water partition coefficient (Wildman–Crippen LogP) is 15.6. The van der Waals surface area contributed by atoms with Crippen molar-refractivity contribution in [1.82, 2.24) is 0 Å². The molecule has 2 aliphatic rings. The van der Waals surface area contributed by atoms with Crippen LogP contribution in [0.3, 0.4) is 0 Å². The van der Waals surface area contributed by atoms with E-state index in [0.717, 1.165) is 0 Å². The van der Waals surface area contributed by atoms with Crippen LogP contribution in [-0.4, -0.2) is 0 Å². The van der Waals surface area contributed by atoms with Gasteiger partial charge in [0.2, 0.25) is 0 Å². The predicted molar refractivity (Wildman–Crippen MR) is 232 cm³/mol. The van der Waals surface area contributed by atoms with E-state index in [9.17, 15) is 0 Å². The van der Waals surface area contributed by atoms with Gasteiger partial charge in [-0.2, -0.15) is 0 Å². The summed E-state index contributed by atoms with van der Waals surface area (Å²) in [7, 11) is 0. The van der Waals surface area contributed by atoms with Crippen molar-refractivity contribution in [2.45, 2.75) is 89.9 Å². The molecule has 2 fully saturated rings. The third-order valence-electron chi connectivity index (χ3n) is 12.4. The maximum atomic E-state index is 2.51. The fourth-order valence-corrected chi connectivity index (χ4v) is 9.43. The average molecular weight is 705 g/mol. The van der Waals surface area contributed by atoms with Gasteiger partial charge in [0.1, 0.15) is 0 Å². The van der Waals surface area contributed by atoms with Gasteiger partial charge in [0.25, 0.3) is 0 Å². The minimum Gasteiger partial charge on any atom is -0.309 e. The molecule has 7 aromatic carbocycles. The summed E-state index contributed by atoms with van der Waals surface area (Å²) in [6.07, 6.45) is 13.3. The number of anilines is 6. The lowest BCUT2D eigenvalue weighted by Crippen LogP contribution is -2.15. The molecule has 270 valence electrons. The Kier molecular flexibility index (Phi) is 9.68. The molecule has 0 heterocycles. The average Bonchev–Trinajstić information content (AvgIpc) is 3.24. The van der Waals surface area contributed by atoms with E-state index in [0.29, 0.717) is 11.8 Å². The molecule has 0 saturated heterocycles. The molecule has 0 atom stereocenters. The first-order valence-electron chi connectivity index (χ1n) is 20.5. The Morgan fingerprint density at radius 3 is 0.907 bits per heavy atom. The third-order valence-corrected chi connectivity index (χ3v) is 12.4. The summed E-state index contributed by atoms with van der Waals surface area (Å²) < 4.78 is 0. The van der Waals surface area contributed by atoms with E-state index in [-0.39, 0.29) is 0 Å². The van der Waals surface area contributed by atoms with Gasteiger partial charge in [0.15, 0.2) is 0 Å². The number of aryl methyl sites for hydroxylation is 2. The highest BCUT2D eigenvalue weighted by Crippen LogP contribution is 2.51. The molecule has 0 bridgehead atoms. The Balaban J connectivity index is 1.26. The van der Waals surface area contributed by atoms with Crippen molar-refractivity contribution >= 4 is 55.7 Å². The molecule has 0 radical (unpaired) electrons. The molecule has 0 aliphatic heterocycles. The summed E-state index contributed by atoms with van der Waals surface area (Å²) in [6.45, 7) is 4.35. The van der Waals surface area contributed by atoms with E-state index < -0.39 is 0 Å². The Hall–Kier alpha value is -5.34. The quantitative estimate of drug-likeness (QED) is 0.115. The van der Waals surface area contributed by atoms with Crippen molar-refractivity contribution in [3.63, 3.8) is 0 Å². The van der Waals surface area contributed by atoms with Gasteiger partial charge in [-0.15, -0.1) is 0 Å². The summed E-state index contributed by atoms with van der Waals surface area (Å²) in [4.78, 5) is 5.02. The first-order valence-corrected chi connectivity index (χ1v) is 20.5. The fraction of sp³-hybridized carbons (Fsp3) is 0.269. The lowest BCUT2D eigenvalue weighted by atomic mass is 9.84. The lowest BCUT2D eigenvalue weighted by molar-refractivity contribution is 0.443. The molecule has 0 aromatic heterocycles. The van der Waals surface area contributed by atoms with Crippen molar-refractivity contribution in [3.8, 4) is 0 Å². The third kappa shape index (κ3) is 6.68. The molecule has 2 aliphatic carbocycles. The van der Waals surface area contributed by atoms with Crippen LogP contribution >= 0.6 is 0 Å². The molecule has 2 saturated carbocycles. The van der Waals surface area contributed by atoms with Crippen molar-refractivity contribution < 1.29 is 0 Å². The van der Waals surface area contributed by atoms with Gasteiger partial charge >= 0.3 is 0 Å². The molecule has 2 nitrogen and oxygen atoms in total. The zero-order chi connectivity index (χ0) is 36.4. The molecule has 9 rings (SSSR count). The van der Waals surface area contributed by atoms with Crippen molar-refractivity contribution in [2.24, 2.45) is 0 Å². The van der Waals surface area contributed by atoms with Crippen LogP contribution in [0.1, 0.15) is 98.3 Å². The number of hydrogen-bond donors (Lipinski definition) is 0. The molecule has 2 heteroatoms. The van der Waals surface area contributed by atoms with Crippen LogP contribution in [0, 0.1) is 13.8 Å². The monoisotopic (exact) mass is 704 g/mol. The number of fused-ring (bicyclic) bond motifs is 2. The van der Waals surface area contributed by atoms with Gasteiger partial charge < -0.3 is 9.80 Å². The summed E-state index contributed by atoms with van der Waals surface area (Å²) in [5.74, 6) is 1.34. The van der Waals surface area contributed by atoms with E-state index in [1.54, 1.807) is 0 Å². The highest BCUT2D eigenvalue weighted by Gasteiger charge is 2.26. The summed E-state index contributed by atoms with van der Waals surface area (Å²) in [6, 6.07) is 55.4. The van der Waals surface area contributed by atoms with Crippen LogP contribution < -0.4 is 9.80 Å². The molecule has 7 aromatic rings. The second kappa shape index (κ2) is 15.2. The number of rotatable bonds is 8. The van der Waals surface area contributed by atoms with E-state index in [1.165, 1.54) is 142 Å². The minimum atomic E-state index is 0.672. The minimum absolute atomic E-state index is 0.672. The highest BCUT2D eigenvalue weighted by atomic mass is 15.2. The molecule has 0 N–H and O–H groups in total. The first-order chi connectivity index (χ1) is 26.6. The molecular weight excluding hydrogens is 653 g/mol. The van der Waals surface area contributed by atoms with Crippen LogP contribution in [-0.2, 0) is 0 Å². The van der Waals surface area contributed by atoms with Crippen molar-refractivity contribution in [2.75, 3.05) is 9.80 Å². The molecule has 0 spiro atoms. The molecular formula is C52H52N2. The van der Waals surface area contributed by atoms with Gasteiger partial charge in [-0.3, -0.25) is 0 Å². The van der Waals surface area contributed by atoms with E-state index in [2.05, 4.69) is 169 Å². The largest absolute Gasteiger partial charge is 0.309 e. The van der Waals surface area contributed by atoms with Gasteiger partial charge in [-0.1, -0.05) is 147 Å². The van der Waals surface area contributed by atoms with E-state index in [4.69, 9.17) is 0 Å². The van der Waals surface area contributed by atoms with Gasteiger partial charge in [-0.05, 0) is 111 Å². The van der Waals surface area contributed by atoms with E-state index in [1.807, 2.05) is 0 Å². The molecule has 0 unspecified atom stereocenters. The number of benzene rings is 7. The highest BCUT2D eigenvalue weighted by molar-refractivity contribution is 6.23. The van der Waals surface area contributed by atoms with Gasteiger partial charge in [0, 0.05) is 44.3 Å². The zero-order valence-electron chi connectivity index (χ0n) is 32.0. The molecule has 0 amide bonds. The Morgan fingerprint density at radius 1 is 0.333 bits per heavy atom. The van der Waals surface area contributed by atoms with Crippen LogP contribution in [0.2, 0.25) is 0 Å². The zero-order valence-corrected chi connectivity index (χ0v) is 32.0. The Morgan fingerprint density at radius 2 is 0.611 bits per heavy atom. The normalized spacial score (nSPS) is 15.4. The Labute approximate surface area is 322 Å². The van der Waals surface area contributed by atoms with Crippen LogP contribution in [0.25, 0.3) is 21.5 Å². The van der Waals surface area contributed by atoms with Crippen LogP contribution in [0.15, 0.2) is 146 Å². The lowest BCUT2D eigenvalue weighted by Gasteiger charge is -2.33. The smallest absolute Gasteiger partial charge is 0.0619 e. The molecule has 54 heavy (non-hydrogen) atoms. The summed E-state index contributed by atoms with van der Waals surface area (Å²) in [5, 5.41) is 4.94. The van der Waals surface area contributed by atoms with Crippen molar-refractivity contribution in [3.05, 3.63) is 168 Å². The maximum Gasteiger partial charge on any atom is 0.0619 e.